The molecule has 0 aliphatic heterocycles. The number of halogens is 4. The Hall–Kier alpha value is -1.86. The van der Waals surface area contributed by atoms with E-state index < -0.39 is 41.2 Å². The highest BCUT2D eigenvalue weighted by atomic mass is 19.2. The van der Waals surface area contributed by atoms with Gasteiger partial charge in [0.1, 0.15) is 11.7 Å². The fourth-order valence-electron chi connectivity index (χ4n) is 0.901. The average Bonchev–Trinajstić information content (AvgIpc) is 2.21. The number of hydrogen-bond acceptors (Lipinski definition) is 3. The lowest BCUT2D eigenvalue weighted by Gasteiger charge is -2.13. The van der Waals surface area contributed by atoms with Gasteiger partial charge >= 0.3 is 0 Å². The first kappa shape index (κ1) is 12.2. The SMILES string of the molecule is CC(Nc1c(F)c(F)nc(F)c1F)C(N)=O. The van der Waals surface area contributed by atoms with Crippen LogP contribution in [0.15, 0.2) is 0 Å². The first-order valence-electron chi connectivity index (χ1n) is 4.10. The molecule has 1 rings (SSSR count). The minimum atomic E-state index is -1.81. The zero-order valence-electron chi connectivity index (χ0n) is 8.02. The van der Waals surface area contributed by atoms with E-state index in [4.69, 9.17) is 5.73 Å². The van der Waals surface area contributed by atoms with Gasteiger partial charge in [0.15, 0.2) is 0 Å². The summed E-state index contributed by atoms with van der Waals surface area (Å²) in [5.74, 6) is -7.98. The third kappa shape index (κ3) is 2.20. The number of carbonyl (C=O) groups is 1. The van der Waals surface area contributed by atoms with E-state index in [2.05, 4.69) is 4.98 Å². The Morgan fingerprint density at radius 2 is 1.69 bits per heavy atom. The minimum Gasteiger partial charge on any atom is -0.369 e. The summed E-state index contributed by atoms with van der Waals surface area (Å²) >= 11 is 0. The standard InChI is InChI=1S/C8H7F4N3O/c1-2(8(13)16)14-5-3(9)6(11)15-7(12)4(5)10/h2H,1H3,(H2,13,16)(H,14,15). The van der Waals surface area contributed by atoms with Gasteiger partial charge in [-0.25, -0.2) is 0 Å². The maximum Gasteiger partial charge on any atom is 0.253 e. The second kappa shape index (κ2) is 4.33. The Balaban J connectivity index is 3.17. The van der Waals surface area contributed by atoms with Gasteiger partial charge in [-0.3, -0.25) is 4.79 Å². The predicted molar refractivity (Wildman–Crippen MR) is 46.3 cm³/mol. The Bertz CT molecular complexity index is 412. The zero-order chi connectivity index (χ0) is 12.5. The van der Waals surface area contributed by atoms with Crippen LogP contribution in [0.3, 0.4) is 0 Å². The van der Waals surface area contributed by atoms with Gasteiger partial charge in [-0.15, -0.1) is 0 Å². The summed E-state index contributed by atoms with van der Waals surface area (Å²) in [6, 6.07) is -1.19. The van der Waals surface area contributed by atoms with Crippen LogP contribution in [0.2, 0.25) is 0 Å². The summed E-state index contributed by atoms with van der Waals surface area (Å²) in [6.07, 6.45) is 0. The third-order valence-corrected chi connectivity index (χ3v) is 1.79. The lowest BCUT2D eigenvalue weighted by atomic mass is 10.2. The van der Waals surface area contributed by atoms with E-state index in [-0.39, 0.29) is 0 Å². The molecule has 88 valence electrons. The molecular formula is C8H7F4N3O. The number of nitrogens with two attached hydrogens (primary N) is 1. The molecule has 1 atom stereocenters. The number of aromatic nitrogens is 1. The molecule has 1 aromatic heterocycles. The lowest BCUT2D eigenvalue weighted by Crippen LogP contribution is -2.33. The van der Waals surface area contributed by atoms with Crippen molar-refractivity contribution in [2.24, 2.45) is 5.73 Å². The zero-order valence-corrected chi connectivity index (χ0v) is 8.02. The molecule has 0 saturated heterocycles. The fraction of sp³-hybridized carbons (Fsp3) is 0.250. The summed E-state index contributed by atoms with van der Waals surface area (Å²) in [5.41, 5.74) is 3.70. The van der Waals surface area contributed by atoms with Gasteiger partial charge in [-0.2, -0.15) is 22.5 Å². The molecule has 8 heteroatoms. The highest BCUT2D eigenvalue weighted by Gasteiger charge is 2.22. The van der Waals surface area contributed by atoms with Crippen LogP contribution in [0.5, 0.6) is 0 Å². The summed E-state index contributed by atoms with van der Waals surface area (Å²) in [5, 5.41) is 1.92. The van der Waals surface area contributed by atoms with Crippen LogP contribution in [-0.4, -0.2) is 16.9 Å². The topological polar surface area (TPSA) is 68.0 Å². The number of anilines is 1. The highest BCUT2D eigenvalue weighted by molar-refractivity contribution is 5.82. The van der Waals surface area contributed by atoms with Crippen molar-refractivity contribution in [3.8, 4) is 0 Å². The molecule has 0 spiro atoms. The first-order valence-corrected chi connectivity index (χ1v) is 4.10. The van der Waals surface area contributed by atoms with Crippen LogP contribution < -0.4 is 11.1 Å². The minimum absolute atomic E-state index is 0.934. The Morgan fingerprint density at radius 3 is 2.06 bits per heavy atom. The van der Waals surface area contributed by atoms with E-state index in [1.165, 1.54) is 6.92 Å². The van der Waals surface area contributed by atoms with Crippen molar-refractivity contribution in [3.05, 3.63) is 23.5 Å². The molecule has 0 saturated carbocycles. The van der Waals surface area contributed by atoms with E-state index in [1.807, 2.05) is 5.32 Å². The summed E-state index contributed by atoms with van der Waals surface area (Å²) in [7, 11) is 0. The van der Waals surface area contributed by atoms with Crippen LogP contribution in [0.4, 0.5) is 23.2 Å². The predicted octanol–water partition coefficient (Wildman–Crippen LogP) is 0.924. The number of rotatable bonds is 3. The number of nitrogens with one attached hydrogen (secondary N) is 1. The van der Waals surface area contributed by atoms with Gasteiger partial charge in [0, 0.05) is 0 Å². The van der Waals surface area contributed by atoms with Gasteiger partial charge < -0.3 is 11.1 Å². The van der Waals surface area contributed by atoms with Crippen molar-refractivity contribution in [1.82, 2.24) is 4.98 Å². The third-order valence-electron chi connectivity index (χ3n) is 1.79. The van der Waals surface area contributed by atoms with Gasteiger partial charge in [-0.05, 0) is 6.92 Å². The number of nitrogens with zero attached hydrogens (tertiary/aromatic N) is 1. The largest absolute Gasteiger partial charge is 0.369 e. The monoisotopic (exact) mass is 237 g/mol. The number of hydrogen-bond donors (Lipinski definition) is 2. The molecule has 0 aliphatic rings. The van der Waals surface area contributed by atoms with Crippen molar-refractivity contribution in [3.63, 3.8) is 0 Å². The quantitative estimate of drug-likeness (QED) is 0.606. The maximum atomic E-state index is 13.0. The van der Waals surface area contributed by atoms with Crippen LogP contribution in [-0.2, 0) is 4.79 Å². The average molecular weight is 237 g/mol. The van der Waals surface area contributed by atoms with E-state index in [0.29, 0.717) is 0 Å². The molecule has 1 heterocycles. The second-order valence-electron chi connectivity index (χ2n) is 2.96. The van der Waals surface area contributed by atoms with E-state index in [9.17, 15) is 22.4 Å². The molecule has 4 nitrogen and oxygen atoms in total. The van der Waals surface area contributed by atoms with Crippen LogP contribution in [0.25, 0.3) is 0 Å². The maximum absolute atomic E-state index is 13.0. The van der Waals surface area contributed by atoms with Crippen molar-refractivity contribution in [2.45, 2.75) is 13.0 Å². The number of amides is 1. The molecule has 0 fully saturated rings. The van der Waals surface area contributed by atoms with Gasteiger partial charge in [0.25, 0.3) is 11.9 Å². The van der Waals surface area contributed by atoms with Crippen LogP contribution >= 0.6 is 0 Å². The molecule has 3 N–H and O–H groups in total. The molecule has 1 amide bonds. The molecule has 0 radical (unpaired) electrons. The number of pyridine rings is 1. The normalized spacial score (nSPS) is 12.3. The molecule has 0 aromatic carbocycles. The Kier molecular flexibility index (Phi) is 3.31. The highest BCUT2D eigenvalue weighted by Crippen LogP contribution is 2.22. The molecule has 0 bridgehead atoms. The Labute approximate surface area is 87.5 Å². The molecule has 16 heavy (non-hydrogen) atoms. The van der Waals surface area contributed by atoms with Crippen molar-refractivity contribution < 1.29 is 22.4 Å². The fourth-order valence-corrected chi connectivity index (χ4v) is 0.901. The van der Waals surface area contributed by atoms with Crippen molar-refractivity contribution in [2.75, 3.05) is 5.32 Å². The van der Waals surface area contributed by atoms with Crippen molar-refractivity contribution in [1.29, 1.82) is 0 Å². The van der Waals surface area contributed by atoms with Crippen LogP contribution in [0.1, 0.15) is 6.92 Å². The van der Waals surface area contributed by atoms with E-state index in [0.717, 1.165) is 0 Å². The number of primary amides is 1. The van der Waals surface area contributed by atoms with Gasteiger partial charge in [0.2, 0.25) is 17.5 Å². The molecule has 0 aliphatic carbocycles. The Morgan fingerprint density at radius 1 is 1.25 bits per heavy atom. The lowest BCUT2D eigenvalue weighted by molar-refractivity contribution is -0.118. The summed E-state index contributed by atoms with van der Waals surface area (Å²) < 4.78 is 51.3. The van der Waals surface area contributed by atoms with E-state index in [1.54, 1.807) is 0 Å². The first-order chi connectivity index (χ1) is 7.34. The van der Waals surface area contributed by atoms with Crippen LogP contribution in [0, 0.1) is 23.5 Å². The molecule has 1 unspecified atom stereocenters. The molecule has 1 aromatic rings. The molecular weight excluding hydrogens is 230 g/mol. The summed E-state index contributed by atoms with van der Waals surface area (Å²) in [4.78, 5) is 13.0. The summed E-state index contributed by atoms with van der Waals surface area (Å²) in [6.45, 7) is 1.18. The van der Waals surface area contributed by atoms with Gasteiger partial charge in [-0.1, -0.05) is 0 Å². The smallest absolute Gasteiger partial charge is 0.253 e. The van der Waals surface area contributed by atoms with Gasteiger partial charge in [0.05, 0.1) is 0 Å². The number of carbonyl (C=O) groups excluding carboxylic acids is 1. The second-order valence-corrected chi connectivity index (χ2v) is 2.96. The van der Waals surface area contributed by atoms with E-state index >= 15 is 0 Å². The van der Waals surface area contributed by atoms with Crippen molar-refractivity contribution >= 4 is 11.6 Å².